The molecule has 1 atom stereocenters. The van der Waals surface area contributed by atoms with Gasteiger partial charge >= 0.3 is 0 Å². The van der Waals surface area contributed by atoms with Crippen LogP contribution in [0.15, 0.2) is 42.7 Å². The molecule has 2 fully saturated rings. The van der Waals surface area contributed by atoms with Crippen molar-refractivity contribution in [3.8, 4) is 11.4 Å². The molecule has 0 saturated carbocycles. The minimum Gasteiger partial charge on any atom is -0.377 e. The molecule has 6 nitrogen and oxygen atoms in total. The van der Waals surface area contributed by atoms with E-state index in [1.54, 1.807) is 18.5 Å². The highest BCUT2D eigenvalue weighted by Gasteiger charge is 2.25. The van der Waals surface area contributed by atoms with Gasteiger partial charge in [-0.2, -0.15) is 0 Å². The maximum absolute atomic E-state index is 12.7. The van der Waals surface area contributed by atoms with Crippen LogP contribution < -0.4 is 5.32 Å². The fraction of sp³-hybridized carbons (Fsp3) is 0.476. The first-order chi connectivity index (χ1) is 13.3. The molecule has 27 heavy (non-hydrogen) atoms. The van der Waals surface area contributed by atoms with E-state index in [0.29, 0.717) is 17.5 Å². The van der Waals surface area contributed by atoms with Gasteiger partial charge in [-0.25, -0.2) is 9.97 Å². The van der Waals surface area contributed by atoms with Crippen LogP contribution in [0, 0.1) is 0 Å². The van der Waals surface area contributed by atoms with Crippen molar-refractivity contribution in [1.82, 2.24) is 20.2 Å². The van der Waals surface area contributed by atoms with Crippen LogP contribution in [0.25, 0.3) is 11.4 Å². The number of aromatic nitrogens is 2. The highest BCUT2D eigenvalue weighted by molar-refractivity contribution is 5.95. The molecule has 2 saturated heterocycles. The van der Waals surface area contributed by atoms with Crippen molar-refractivity contribution in [3.05, 3.63) is 48.3 Å². The van der Waals surface area contributed by atoms with E-state index < -0.39 is 0 Å². The SMILES string of the molecule is O=C(NC1CCN(C[C@H]2CCCO2)CC1)c1cccc(-c2ncccn2)c1. The molecule has 1 aromatic carbocycles. The largest absolute Gasteiger partial charge is 0.377 e. The van der Waals surface area contributed by atoms with Crippen LogP contribution in [0.3, 0.4) is 0 Å². The van der Waals surface area contributed by atoms with Crippen molar-refractivity contribution in [1.29, 1.82) is 0 Å². The van der Waals surface area contributed by atoms with Gasteiger partial charge in [0, 0.05) is 55.8 Å². The van der Waals surface area contributed by atoms with Crippen molar-refractivity contribution in [2.75, 3.05) is 26.2 Å². The quantitative estimate of drug-likeness (QED) is 0.881. The van der Waals surface area contributed by atoms with Gasteiger partial charge in [0.05, 0.1) is 6.10 Å². The Hall–Kier alpha value is -2.31. The molecule has 0 aliphatic carbocycles. The van der Waals surface area contributed by atoms with Gasteiger partial charge in [0.15, 0.2) is 5.82 Å². The van der Waals surface area contributed by atoms with Gasteiger partial charge in [0.25, 0.3) is 5.91 Å². The third-order valence-electron chi connectivity index (χ3n) is 5.36. The first-order valence-electron chi connectivity index (χ1n) is 9.80. The first kappa shape index (κ1) is 18.1. The molecule has 2 aliphatic heterocycles. The molecule has 3 heterocycles. The van der Waals surface area contributed by atoms with Gasteiger partial charge in [0.2, 0.25) is 0 Å². The molecular formula is C21H26N4O2. The number of hydrogen-bond acceptors (Lipinski definition) is 5. The second-order valence-electron chi connectivity index (χ2n) is 7.34. The average Bonchev–Trinajstić information content (AvgIpc) is 3.23. The molecule has 1 N–H and O–H groups in total. The Kier molecular flexibility index (Phi) is 5.75. The van der Waals surface area contributed by atoms with Crippen LogP contribution in [0.1, 0.15) is 36.0 Å². The third kappa shape index (κ3) is 4.70. The summed E-state index contributed by atoms with van der Waals surface area (Å²) in [5, 5.41) is 3.19. The van der Waals surface area contributed by atoms with E-state index in [9.17, 15) is 4.79 Å². The molecule has 4 rings (SSSR count). The number of hydrogen-bond donors (Lipinski definition) is 1. The lowest BCUT2D eigenvalue weighted by Gasteiger charge is -2.33. The lowest BCUT2D eigenvalue weighted by atomic mass is 10.0. The van der Waals surface area contributed by atoms with E-state index in [1.807, 2.05) is 24.3 Å². The van der Waals surface area contributed by atoms with Crippen molar-refractivity contribution < 1.29 is 9.53 Å². The van der Waals surface area contributed by atoms with E-state index in [2.05, 4.69) is 20.2 Å². The smallest absolute Gasteiger partial charge is 0.251 e. The molecule has 1 amide bonds. The minimum atomic E-state index is -0.0228. The zero-order valence-corrected chi connectivity index (χ0v) is 15.5. The Balaban J connectivity index is 1.31. The van der Waals surface area contributed by atoms with Gasteiger partial charge in [-0.3, -0.25) is 4.79 Å². The highest BCUT2D eigenvalue weighted by Crippen LogP contribution is 2.18. The van der Waals surface area contributed by atoms with Gasteiger partial charge < -0.3 is 15.0 Å². The second kappa shape index (κ2) is 8.59. The molecule has 6 heteroatoms. The molecule has 2 aliphatic rings. The highest BCUT2D eigenvalue weighted by atomic mass is 16.5. The van der Waals surface area contributed by atoms with E-state index in [0.717, 1.165) is 44.6 Å². The Morgan fingerprint density at radius 1 is 1.15 bits per heavy atom. The zero-order valence-electron chi connectivity index (χ0n) is 15.5. The Morgan fingerprint density at radius 2 is 1.96 bits per heavy atom. The fourth-order valence-corrected chi connectivity index (χ4v) is 3.85. The molecular weight excluding hydrogens is 340 g/mol. The second-order valence-corrected chi connectivity index (χ2v) is 7.34. The van der Waals surface area contributed by atoms with E-state index in [-0.39, 0.29) is 11.9 Å². The van der Waals surface area contributed by atoms with Crippen LogP contribution in [0.5, 0.6) is 0 Å². The topological polar surface area (TPSA) is 67.4 Å². The number of piperidine rings is 1. The number of nitrogens with one attached hydrogen (secondary N) is 1. The molecule has 0 radical (unpaired) electrons. The number of benzene rings is 1. The number of likely N-dealkylation sites (tertiary alicyclic amines) is 1. The van der Waals surface area contributed by atoms with Crippen molar-refractivity contribution in [3.63, 3.8) is 0 Å². The Morgan fingerprint density at radius 3 is 2.70 bits per heavy atom. The number of ether oxygens (including phenoxy) is 1. The summed E-state index contributed by atoms with van der Waals surface area (Å²) in [7, 11) is 0. The molecule has 2 aromatic rings. The summed E-state index contributed by atoms with van der Waals surface area (Å²) in [6.07, 6.45) is 8.15. The van der Waals surface area contributed by atoms with Crippen LogP contribution in [-0.2, 0) is 4.74 Å². The zero-order chi connectivity index (χ0) is 18.5. The molecule has 0 bridgehead atoms. The summed E-state index contributed by atoms with van der Waals surface area (Å²) < 4.78 is 5.73. The summed E-state index contributed by atoms with van der Waals surface area (Å²) in [4.78, 5) is 23.6. The summed E-state index contributed by atoms with van der Waals surface area (Å²) in [5.41, 5.74) is 1.51. The lowest BCUT2D eigenvalue weighted by molar-refractivity contribution is 0.0613. The molecule has 0 unspecified atom stereocenters. The monoisotopic (exact) mass is 366 g/mol. The van der Waals surface area contributed by atoms with Gasteiger partial charge in [-0.05, 0) is 43.9 Å². The van der Waals surface area contributed by atoms with Gasteiger partial charge in [-0.1, -0.05) is 12.1 Å². The maximum atomic E-state index is 12.7. The fourth-order valence-electron chi connectivity index (χ4n) is 3.85. The number of carbonyl (C=O) groups excluding carboxylic acids is 1. The van der Waals surface area contributed by atoms with Crippen molar-refractivity contribution in [2.24, 2.45) is 0 Å². The van der Waals surface area contributed by atoms with Crippen LogP contribution >= 0.6 is 0 Å². The summed E-state index contributed by atoms with van der Waals surface area (Å²) in [5.74, 6) is 0.611. The van der Waals surface area contributed by atoms with E-state index in [1.165, 1.54) is 12.8 Å². The maximum Gasteiger partial charge on any atom is 0.251 e. The summed E-state index contributed by atoms with van der Waals surface area (Å²) in [6, 6.07) is 9.52. The number of carbonyl (C=O) groups is 1. The normalized spacial score (nSPS) is 21.3. The molecule has 142 valence electrons. The lowest BCUT2D eigenvalue weighted by Crippen LogP contribution is -2.46. The number of amides is 1. The summed E-state index contributed by atoms with van der Waals surface area (Å²) in [6.45, 7) is 3.97. The number of nitrogens with zero attached hydrogens (tertiary/aromatic N) is 3. The predicted octanol–water partition coefficient (Wildman–Crippen LogP) is 2.52. The third-order valence-corrected chi connectivity index (χ3v) is 5.36. The van der Waals surface area contributed by atoms with E-state index in [4.69, 9.17) is 4.74 Å². The number of rotatable bonds is 5. The van der Waals surface area contributed by atoms with Crippen molar-refractivity contribution >= 4 is 5.91 Å². The van der Waals surface area contributed by atoms with Gasteiger partial charge in [-0.15, -0.1) is 0 Å². The molecule has 0 spiro atoms. The van der Waals surface area contributed by atoms with Crippen molar-refractivity contribution in [2.45, 2.75) is 37.8 Å². The minimum absolute atomic E-state index is 0.0228. The standard InChI is InChI=1S/C21H26N4O2/c26-21(17-5-1-4-16(14-17)20-22-9-3-10-23-20)24-18-7-11-25(12-8-18)15-19-6-2-13-27-19/h1,3-5,9-10,14,18-19H,2,6-8,11-13,15H2,(H,24,26)/t19-/m1/s1. The molecule has 1 aromatic heterocycles. The van der Waals surface area contributed by atoms with Crippen LogP contribution in [-0.4, -0.2) is 59.2 Å². The van der Waals surface area contributed by atoms with Gasteiger partial charge in [0.1, 0.15) is 0 Å². The summed E-state index contributed by atoms with van der Waals surface area (Å²) >= 11 is 0. The Labute approximate surface area is 160 Å². The van der Waals surface area contributed by atoms with E-state index >= 15 is 0 Å². The average molecular weight is 366 g/mol. The predicted molar refractivity (Wildman–Crippen MR) is 103 cm³/mol. The first-order valence-corrected chi connectivity index (χ1v) is 9.80. The van der Waals surface area contributed by atoms with Crippen LogP contribution in [0.2, 0.25) is 0 Å². The van der Waals surface area contributed by atoms with Crippen LogP contribution in [0.4, 0.5) is 0 Å². The Bertz CT molecular complexity index is 754.